The van der Waals surface area contributed by atoms with E-state index in [1.807, 2.05) is 19.9 Å². The van der Waals surface area contributed by atoms with E-state index in [0.717, 1.165) is 6.42 Å². The van der Waals surface area contributed by atoms with Crippen LogP contribution in [0, 0.1) is 16.7 Å². The van der Waals surface area contributed by atoms with E-state index in [-0.39, 0.29) is 11.8 Å². The van der Waals surface area contributed by atoms with Crippen molar-refractivity contribution in [3.05, 3.63) is 18.0 Å². The molecule has 1 aromatic heterocycles. The smallest absolute Gasteiger partial charge is 0.303 e. The lowest BCUT2D eigenvalue weighted by molar-refractivity contribution is -0.137. The van der Waals surface area contributed by atoms with E-state index >= 15 is 0 Å². The van der Waals surface area contributed by atoms with Gasteiger partial charge in [0, 0.05) is 19.2 Å². The first-order chi connectivity index (χ1) is 8.93. The Bertz CT molecular complexity index is 480. The molecular weight excluding hydrogens is 244 g/mol. The highest BCUT2D eigenvalue weighted by Crippen LogP contribution is 2.26. The van der Waals surface area contributed by atoms with E-state index < -0.39 is 5.97 Å². The van der Waals surface area contributed by atoms with Crippen LogP contribution in [0.5, 0.6) is 0 Å². The Morgan fingerprint density at radius 3 is 2.89 bits per heavy atom. The summed E-state index contributed by atoms with van der Waals surface area (Å²) >= 11 is 0. The molecule has 0 saturated carbocycles. The minimum Gasteiger partial charge on any atom is -0.481 e. The molecule has 0 aromatic carbocycles. The zero-order valence-electron chi connectivity index (χ0n) is 11.2. The summed E-state index contributed by atoms with van der Waals surface area (Å²) in [5.41, 5.74) is 0.265. The predicted molar refractivity (Wildman–Crippen MR) is 70.5 cm³/mol. The Labute approximate surface area is 112 Å². The number of rotatable bonds is 7. The zero-order chi connectivity index (χ0) is 14.3. The number of nitriles is 1. The molecule has 6 nitrogen and oxygen atoms in total. The van der Waals surface area contributed by atoms with Crippen molar-refractivity contribution in [1.29, 1.82) is 5.26 Å². The van der Waals surface area contributed by atoms with Crippen molar-refractivity contribution in [3.63, 3.8) is 0 Å². The molecule has 0 aliphatic rings. The standard InChI is InChI=1S/C13H18N4O2/c1-13(2,5-3-11(18)19)6-8-16-12-15-7-4-10(9-14)17-12/h4,7H,3,5-6,8H2,1-2H3,(H,18,19)(H,15,16,17). The maximum atomic E-state index is 10.5. The van der Waals surface area contributed by atoms with Gasteiger partial charge in [0.05, 0.1) is 0 Å². The Morgan fingerprint density at radius 2 is 2.26 bits per heavy atom. The van der Waals surface area contributed by atoms with Gasteiger partial charge in [0.25, 0.3) is 0 Å². The van der Waals surface area contributed by atoms with Gasteiger partial charge in [-0.2, -0.15) is 5.26 Å². The second-order valence-corrected chi connectivity index (χ2v) is 5.11. The molecule has 0 radical (unpaired) electrons. The normalized spacial score (nSPS) is 10.8. The largest absolute Gasteiger partial charge is 0.481 e. The quantitative estimate of drug-likeness (QED) is 0.780. The number of aromatic nitrogens is 2. The molecule has 0 saturated heterocycles. The van der Waals surface area contributed by atoms with Crippen molar-refractivity contribution in [2.24, 2.45) is 5.41 Å². The molecule has 0 unspecified atom stereocenters. The van der Waals surface area contributed by atoms with Crippen LogP contribution in [0.1, 0.15) is 38.8 Å². The number of nitrogens with zero attached hydrogens (tertiary/aromatic N) is 3. The lowest BCUT2D eigenvalue weighted by atomic mass is 9.84. The van der Waals surface area contributed by atoms with Crippen molar-refractivity contribution in [2.75, 3.05) is 11.9 Å². The van der Waals surface area contributed by atoms with Gasteiger partial charge in [-0.05, 0) is 24.3 Å². The second-order valence-electron chi connectivity index (χ2n) is 5.11. The van der Waals surface area contributed by atoms with Gasteiger partial charge in [0.1, 0.15) is 11.8 Å². The first-order valence-corrected chi connectivity index (χ1v) is 6.12. The molecule has 1 aromatic rings. The van der Waals surface area contributed by atoms with Gasteiger partial charge < -0.3 is 10.4 Å². The van der Waals surface area contributed by atoms with Gasteiger partial charge in [-0.1, -0.05) is 13.8 Å². The maximum absolute atomic E-state index is 10.5. The molecule has 0 spiro atoms. The molecule has 0 fully saturated rings. The Balaban J connectivity index is 2.40. The van der Waals surface area contributed by atoms with Crippen LogP contribution in [0.4, 0.5) is 5.95 Å². The summed E-state index contributed by atoms with van der Waals surface area (Å²) in [6, 6.07) is 3.49. The summed E-state index contributed by atoms with van der Waals surface area (Å²) in [5.74, 6) is -0.348. The van der Waals surface area contributed by atoms with E-state index in [4.69, 9.17) is 10.4 Å². The fourth-order valence-electron chi connectivity index (χ4n) is 1.59. The van der Waals surface area contributed by atoms with E-state index in [9.17, 15) is 4.79 Å². The molecule has 2 N–H and O–H groups in total. The molecule has 0 amide bonds. The van der Waals surface area contributed by atoms with Crippen LogP contribution in [0.15, 0.2) is 12.3 Å². The minimum absolute atomic E-state index is 0.0573. The van der Waals surface area contributed by atoms with Crippen LogP contribution < -0.4 is 5.32 Å². The van der Waals surface area contributed by atoms with Gasteiger partial charge in [-0.15, -0.1) is 0 Å². The summed E-state index contributed by atoms with van der Waals surface area (Å²) in [4.78, 5) is 18.6. The molecule has 0 atom stereocenters. The average molecular weight is 262 g/mol. The number of carbonyl (C=O) groups is 1. The minimum atomic E-state index is -0.772. The Morgan fingerprint density at radius 1 is 1.53 bits per heavy atom. The van der Waals surface area contributed by atoms with Crippen molar-refractivity contribution in [2.45, 2.75) is 33.1 Å². The Kier molecular flexibility index (Phi) is 5.24. The average Bonchev–Trinajstić information content (AvgIpc) is 2.37. The molecule has 0 bridgehead atoms. The maximum Gasteiger partial charge on any atom is 0.303 e. The summed E-state index contributed by atoms with van der Waals surface area (Å²) in [7, 11) is 0. The number of aliphatic carboxylic acids is 1. The van der Waals surface area contributed by atoms with E-state index in [2.05, 4.69) is 15.3 Å². The molecule has 0 aliphatic carbocycles. The summed E-state index contributed by atoms with van der Waals surface area (Å²) < 4.78 is 0. The third-order valence-corrected chi connectivity index (χ3v) is 2.87. The van der Waals surface area contributed by atoms with Gasteiger partial charge in [-0.3, -0.25) is 4.79 Å². The highest BCUT2D eigenvalue weighted by atomic mass is 16.4. The van der Waals surface area contributed by atoms with Crippen molar-refractivity contribution < 1.29 is 9.90 Å². The van der Waals surface area contributed by atoms with Crippen LogP contribution in [-0.4, -0.2) is 27.6 Å². The number of nitrogens with one attached hydrogen (secondary N) is 1. The number of hydrogen-bond donors (Lipinski definition) is 2. The lowest BCUT2D eigenvalue weighted by Crippen LogP contribution is -2.19. The van der Waals surface area contributed by atoms with Crippen molar-refractivity contribution in [3.8, 4) is 6.07 Å². The summed E-state index contributed by atoms with van der Waals surface area (Å²) in [6.07, 6.45) is 3.14. The first-order valence-electron chi connectivity index (χ1n) is 6.12. The molecule has 102 valence electrons. The van der Waals surface area contributed by atoms with Crippen LogP contribution in [-0.2, 0) is 4.79 Å². The molecule has 1 heterocycles. The van der Waals surface area contributed by atoms with Gasteiger partial charge >= 0.3 is 5.97 Å². The van der Waals surface area contributed by atoms with Crippen LogP contribution >= 0.6 is 0 Å². The molecule has 0 aliphatic heterocycles. The van der Waals surface area contributed by atoms with Crippen LogP contribution in [0.2, 0.25) is 0 Å². The molecule has 19 heavy (non-hydrogen) atoms. The second kappa shape index (κ2) is 6.69. The highest BCUT2D eigenvalue weighted by molar-refractivity contribution is 5.66. The monoisotopic (exact) mass is 262 g/mol. The molecule has 6 heteroatoms. The SMILES string of the molecule is CC(C)(CCNc1nccc(C#N)n1)CCC(=O)O. The van der Waals surface area contributed by atoms with Gasteiger partial charge in [0.2, 0.25) is 5.95 Å². The number of hydrogen-bond acceptors (Lipinski definition) is 5. The van der Waals surface area contributed by atoms with E-state index in [1.54, 1.807) is 6.07 Å². The summed E-state index contributed by atoms with van der Waals surface area (Å²) in [6.45, 7) is 4.70. The van der Waals surface area contributed by atoms with Crippen LogP contribution in [0.3, 0.4) is 0 Å². The first kappa shape index (κ1) is 14.9. The molecular formula is C13H18N4O2. The fraction of sp³-hybridized carbons (Fsp3) is 0.538. The Hall–Kier alpha value is -2.16. The topological polar surface area (TPSA) is 98.9 Å². The van der Waals surface area contributed by atoms with E-state index in [0.29, 0.717) is 24.6 Å². The number of carboxylic acids is 1. The number of anilines is 1. The highest BCUT2D eigenvalue weighted by Gasteiger charge is 2.18. The van der Waals surface area contributed by atoms with Crippen LogP contribution in [0.25, 0.3) is 0 Å². The number of carboxylic acid groups (broad SMARTS) is 1. The third kappa shape index (κ3) is 5.82. The van der Waals surface area contributed by atoms with E-state index in [1.165, 1.54) is 6.20 Å². The molecule has 1 rings (SSSR count). The zero-order valence-corrected chi connectivity index (χ0v) is 11.2. The lowest BCUT2D eigenvalue weighted by Gasteiger charge is -2.23. The van der Waals surface area contributed by atoms with Gasteiger partial charge in [0.15, 0.2) is 0 Å². The van der Waals surface area contributed by atoms with Gasteiger partial charge in [-0.25, -0.2) is 9.97 Å². The predicted octanol–water partition coefficient (Wildman–Crippen LogP) is 2.04. The van der Waals surface area contributed by atoms with Crippen molar-refractivity contribution >= 4 is 11.9 Å². The van der Waals surface area contributed by atoms with Crippen molar-refractivity contribution in [1.82, 2.24) is 9.97 Å². The fourth-order valence-corrected chi connectivity index (χ4v) is 1.59. The third-order valence-electron chi connectivity index (χ3n) is 2.87. The summed E-state index contributed by atoms with van der Waals surface area (Å²) in [5, 5.41) is 20.4.